The number of non-ortho nitro benzene ring substituents is 1. The second-order valence-electron chi connectivity index (χ2n) is 6.14. The number of aromatic amines is 1. The molecule has 1 aromatic heterocycles. The number of pyridine rings is 1. The maximum Gasteiger partial charge on any atom is 0.284 e. The SMILES string of the molecule is Cc1[nH]n(Cc2ccc([N+](=O)[O-])cc2Cl)c2nc(-c3ccncc3)nc(=O)c1-2. The van der Waals surface area contributed by atoms with Gasteiger partial charge in [0.05, 0.1) is 16.5 Å². The summed E-state index contributed by atoms with van der Waals surface area (Å²) in [4.78, 5) is 35.5. The number of nitrogens with zero attached hydrogens (tertiary/aromatic N) is 5. The molecule has 0 spiro atoms. The van der Waals surface area contributed by atoms with E-state index in [0.29, 0.717) is 34.0 Å². The Bertz CT molecular complexity index is 1220. The lowest BCUT2D eigenvalue weighted by Gasteiger charge is -2.09. The van der Waals surface area contributed by atoms with Crippen LogP contribution in [-0.2, 0) is 6.54 Å². The molecule has 2 aromatic rings. The van der Waals surface area contributed by atoms with Crippen LogP contribution in [0.4, 0.5) is 5.69 Å². The van der Waals surface area contributed by atoms with Gasteiger partial charge in [0.2, 0.25) is 0 Å². The lowest BCUT2D eigenvalue weighted by atomic mass is 10.2. The molecular formula is C18H13ClN6O3. The Hall–Kier alpha value is -3.59. The number of nitrogens with one attached hydrogen (secondary N) is 1. The highest BCUT2D eigenvalue weighted by Gasteiger charge is 2.22. The normalized spacial score (nSPS) is 11.1. The molecule has 10 heteroatoms. The van der Waals surface area contributed by atoms with Gasteiger partial charge < -0.3 is 5.10 Å². The summed E-state index contributed by atoms with van der Waals surface area (Å²) in [6.07, 6.45) is 3.20. The maximum absolute atomic E-state index is 12.5. The molecular weight excluding hydrogens is 384 g/mol. The summed E-state index contributed by atoms with van der Waals surface area (Å²) in [6.45, 7) is 2.01. The van der Waals surface area contributed by atoms with Crippen LogP contribution in [-0.4, -0.2) is 29.7 Å². The van der Waals surface area contributed by atoms with Crippen molar-refractivity contribution >= 4 is 17.3 Å². The highest BCUT2D eigenvalue weighted by molar-refractivity contribution is 6.31. The van der Waals surface area contributed by atoms with Crippen LogP contribution in [0.1, 0.15) is 11.3 Å². The van der Waals surface area contributed by atoms with Gasteiger partial charge in [0.15, 0.2) is 11.6 Å². The molecule has 28 heavy (non-hydrogen) atoms. The molecule has 0 amide bonds. The molecule has 0 saturated carbocycles. The number of benzene rings is 1. The molecule has 1 aromatic carbocycles. The molecule has 0 bridgehead atoms. The van der Waals surface area contributed by atoms with Crippen LogP contribution >= 0.6 is 11.6 Å². The zero-order valence-corrected chi connectivity index (χ0v) is 15.3. The van der Waals surface area contributed by atoms with Gasteiger partial charge in [0.1, 0.15) is 5.56 Å². The Kier molecular flexibility index (Phi) is 4.36. The first-order valence-electron chi connectivity index (χ1n) is 8.24. The molecule has 2 aliphatic heterocycles. The van der Waals surface area contributed by atoms with Gasteiger partial charge in [-0.25, -0.2) is 4.98 Å². The Balaban J connectivity index is 1.81. The van der Waals surface area contributed by atoms with Gasteiger partial charge >= 0.3 is 0 Å². The molecule has 0 unspecified atom stereocenters. The van der Waals surface area contributed by atoms with Crippen LogP contribution in [0.25, 0.3) is 22.8 Å². The van der Waals surface area contributed by atoms with E-state index in [4.69, 9.17) is 11.6 Å². The van der Waals surface area contributed by atoms with Gasteiger partial charge in [-0.2, -0.15) is 4.98 Å². The van der Waals surface area contributed by atoms with Crippen molar-refractivity contribution in [1.29, 1.82) is 0 Å². The second kappa shape index (κ2) is 6.86. The minimum atomic E-state index is -0.505. The third-order valence-corrected chi connectivity index (χ3v) is 4.66. The summed E-state index contributed by atoms with van der Waals surface area (Å²) in [5.41, 5.74) is 1.86. The van der Waals surface area contributed by atoms with Crippen molar-refractivity contribution in [2.75, 3.05) is 0 Å². The van der Waals surface area contributed by atoms with E-state index in [1.54, 1.807) is 42.2 Å². The number of nitro benzene ring substituents is 1. The largest absolute Gasteiger partial charge is 0.300 e. The van der Waals surface area contributed by atoms with Gasteiger partial charge in [0, 0.05) is 35.8 Å². The van der Waals surface area contributed by atoms with Gasteiger partial charge in [-0.05, 0) is 30.7 Å². The van der Waals surface area contributed by atoms with Crippen molar-refractivity contribution in [3.8, 4) is 22.8 Å². The number of hydrogen-bond donors (Lipinski definition) is 1. The minimum absolute atomic E-state index is 0.0876. The minimum Gasteiger partial charge on any atom is -0.300 e. The first-order chi connectivity index (χ1) is 13.4. The molecule has 0 aliphatic carbocycles. The Morgan fingerprint density at radius 3 is 2.64 bits per heavy atom. The van der Waals surface area contributed by atoms with Crippen molar-refractivity contribution in [3.63, 3.8) is 0 Å². The first-order valence-corrected chi connectivity index (χ1v) is 8.62. The summed E-state index contributed by atoms with van der Waals surface area (Å²) in [7, 11) is 0. The van der Waals surface area contributed by atoms with Crippen LogP contribution in [0.2, 0.25) is 5.02 Å². The summed E-state index contributed by atoms with van der Waals surface area (Å²) < 4.78 is 1.67. The number of fused-ring (bicyclic) bond motifs is 1. The fraction of sp³-hybridized carbons (Fsp3) is 0.111. The third kappa shape index (κ3) is 3.12. The number of rotatable bonds is 4. The Labute approximate surface area is 163 Å². The van der Waals surface area contributed by atoms with Crippen molar-refractivity contribution < 1.29 is 4.92 Å². The summed E-state index contributed by atoms with van der Waals surface area (Å²) in [5, 5.41) is 14.2. The second-order valence-corrected chi connectivity index (χ2v) is 6.55. The van der Waals surface area contributed by atoms with Crippen molar-refractivity contribution in [2.24, 2.45) is 0 Å². The highest BCUT2D eigenvalue weighted by atomic mass is 35.5. The van der Waals surface area contributed by atoms with E-state index < -0.39 is 4.92 Å². The molecule has 0 atom stereocenters. The number of aromatic nitrogens is 5. The van der Waals surface area contributed by atoms with E-state index in [1.165, 1.54) is 12.1 Å². The van der Waals surface area contributed by atoms with Crippen LogP contribution in [0.5, 0.6) is 0 Å². The zero-order valence-electron chi connectivity index (χ0n) is 14.6. The van der Waals surface area contributed by atoms with E-state index in [0.717, 1.165) is 0 Å². The predicted octanol–water partition coefficient (Wildman–Crippen LogP) is 3.05. The summed E-state index contributed by atoms with van der Waals surface area (Å²) >= 11 is 6.21. The van der Waals surface area contributed by atoms with E-state index in [9.17, 15) is 14.9 Å². The van der Waals surface area contributed by atoms with Crippen molar-refractivity contribution in [2.45, 2.75) is 13.5 Å². The fourth-order valence-corrected chi connectivity index (χ4v) is 3.19. The fourth-order valence-electron chi connectivity index (χ4n) is 2.96. The standard InChI is InChI=1S/C18H13ClN6O3/c1-10-15-17(21-16(22-18(15)26)11-4-6-20-7-5-11)24(23-10)9-12-2-3-13(25(27)28)8-14(12)19/h2-8,23H,9H2,1H3. The topological polar surface area (TPSA) is 120 Å². The van der Waals surface area contributed by atoms with Gasteiger partial charge in [0.25, 0.3) is 11.2 Å². The lowest BCUT2D eigenvalue weighted by Crippen LogP contribution is -2.15. The van der Waals surface area contributed by atoms with Gasteiger partial charge in [-0.15, -0.1) is 0 Å². The molecule has 9 nitrogen and oxygen atoms in total. The molecule has 1 N–H and O–H groups in total. The average molecular weight is 397 g/mol. The summed E-state index contributed by atoms with van der Waals surface area (Å²) in [6, 6.07) is 7.70. The van der Waals surface area contributed by atoms with E-state index >= 15 is 0 Å². The van der Waals surface area contributed by atoms with E-state index in [1.807, 2.05) is 0 Å². The van der Waals surface area contributed by atoms with E-state index in [2.05, 4.69) is 20.1 Å². The molecule has 0 radical (unpaired) electrons. The molecule has 3 heterocycles. The Morgan fingerprint density at radius 2 is 1.96 bits per heavy atom. The third-order valence-electron chi connectivity index (χ3n) is 4.30. The van der Waals surface area contributed by atoms with Gasteiger partial charge in [-0.3, -0.25) is 24.6 Å². The van der Waals surface area contributed by atoms with Crippen LogP contribution in [0.3, 0.4) is 0 Å². The maximum atomic E-state index is 12.5. The molecule has 2 aliphatic rings. The predicted molar refractivity (Wildman–Crippen MR) is 102 cm³/mol. The van der Waals surface area contributed by atoms with Crippen molar-refractivity contribution in [3.05, 3.63) is 79.5 Å². The average Bonchev–Trinajstić information content (AvgIpc) is 3.00. The summed E-state index contributed by atoms with van der Waals surface area (Å²) in [5.74, 6) is 0.723. The Morgan fingerprint density at radius 1 is 1.21 bits per heavy atom. The molecule has 140 valence electrons. The zero-order chi connectivity index (χ0) is 19.8. The smallest absolute Gasteiger partial charge is 0.284 e. The number of halogens is 1. The quantitative estimate of drug-likeness (QED) is 0.418. The molecule has 0 fully saturated rings. The van der Waals surface area contributed by atoms with Gasteiger partial charge in [-0.1, -0.05) is 11.6 Å². The number of aryl methyl sites for hydroxylation is 1. The number of nitro groups is 1. The van der Waals surface area contributed by atoms with Crippen LogP contribution in [0, 0.1) is 17.0 Å². The van der Waals surface area contributed by atoms with Crippen molar-refractivity contribution in [1.82, 2.24) is 24.7 Å². The van der Waals surface area contributed by atoms with Crippen LogP contribution < -0.4 is 5.56 Å². The molecule has 4 rings (SSSR count). The number of hydrogen-bond acceptors (Lipinski definition) is 6. The monoisotopic (exact) mass is 396 g/mol. The van der Waals surface area contributed by atoms with Crippen LogP contribution in [0.15, 0.2) is 47.5 Å². The molecule has 0 saturated heterocycles. The lowest BCUT2D eigenvalue weighted by molar-refractivity contribution is -0.384. The number of H-pyrrole nitrogens is 1. The first kappa shape index (κ1) is 17.8. The highest BCUT2D eigenvalue weighted by Crippen LogP contribution is 2.27. The van der Waals surface area contributed by atoms with E-state index in [-0.39, 0.29) is 22.8 Å².